The molecule has 0 aromatic heterocycles. The van der Waals surface area contributed by atoms with Gasteiger partial charge < -0.3 is 20.3 Å². The first-order valence-corrected chi connectivity index (χ1v) is 24.4. The second-order valence-corrected chi connectivity index (χ2v) is 16.9. The number of ether oxygens (including phenoxy) is 1. The number of hydrogen-bond donors (Lipinski definition) is 3. The summed E-state index contributed by atoms with van der Waals surface area (Å²) in [6.45, 7) is 6.47. The van der Waals surface area contributed by atoms with Crippen LogP contribution in [-0.2, 0) is 14.3 Å². The molecule has 6 nitrogen and oxygen atoms in total. The zero-order chi connectivity index (χ0) is 40.3. The number of esters is 1. The average Bonchev–Trinajstić information content (AvgIpc) is 3.18. The first kappa shape index (κ1) is 53.6. The van der Waals surface area contributed by atoms with Crippen LogP contribution in [0.2, 0.25) is 0 Å². The molecule has 326 valence electrons. The number of aliphatic hydroxyl groups excluding tert-OH is 2. The van der Waals surface area contributed by atoms with Gasteiger partial charge in [-0.2, -0.15) is 0 Å². The molecule has 1 amide bonds. The molecule has 3 atom stereocenters. The predicted octanol–water partition coefficient (Wildman–Crippen LogP) is 14.2. The first-order chi connectivity index (χ1) is 27.0. The highest BCUT2D eigenvalue weighted by atomic mass is 16.5. The molecule has 0 aromatic rings. The maximum Gasteiger partial charge on any atom is 0.306 e. The minimum Gasteiger partial charge on any atom is -0.462 e. The molecule has 0 saturated carbocycles. The lowest BCUT2D eigenvalue weighted by atomic mass is 10.0. The molecular weight excluding hydrogens is 683 g/mol. The topological polar surface area (TPSA) is 95.9 Å². The SMILES string of the molecule is CCCCCCCCC/C=C\CCCC(CC(=O)NC(CO)C(O)CCCCCCCCCCCCCCCC)OC(=O)CCCCCCCCCCCC. The quantitative estimate of drug-likeness (QED) is 0.0325. The van der Waals surface area contributed by atoms with E-state index in [-0.39, 0.29) is 24.9 Å². The summed E-state index contributed by atoms with van der Waals surface area (Å²) in [5.41, 5.74) is 0. The summed E-state index contributed by atoms with van der Waals surface area (Å²) in [6, 6.07) is -0.702. The molecular formula is C49H95NO5. The maximum atomic E-state index is 13.1. The molecule has 0 fully saturated rings. The summed E-state index contributed by atoms with van der Waals surface area (Å²) in [4.78, 5) is 26.0. The fourth-order valence-electron chi connectivity index (χ4n) is 7.61. The number of unbranched alkanes of at least 4 members (excludes halogenated alkanes) is 30. The van der Waals surface area contributed by atoms with Crippen LogP contribution in [-0.4, -0.2) is 46.9 Å². The second-order valence-electron chi connectivity index (χ2n) is 16.9. The second kappa shape index (κ2) is 43.7. The largest absolute Gasteiger partial charge is 0.462 e. The van der Waals surface area contributed by atoms with Gasteiger partial charge >= 0.3 is 5.97 Å². The van der Waals surface area contributed by atoms with Crippen LogP contribution in [0, 0.1) is 0 Å². The normalized spacial score (nSPS) is 13.3. The summed E-state index contributed by atoms with van der Waals surface area (Å²) >= 11 is 0. The van der Waals surface area contributed by atoms with Gasteiger partial charge in [0.05, 0.1) is 25.2 Å². The van der Waals surface area contributed by atoms with Crippen LogP contribution in [0.3, 0.4) is 0 Å². The van der Waals surface area contributed by atoms with Gasteiger partial charge in [0.1, 0.15) is 6.10 Å². The summed E-state index contributed by atoms with van der Waals surface area (Å²) < 4.78 is 5.89. The molecule has 0 rings (SSSR count). The first-order valence-electron chi connectivity index (χ1n) is 24.4. The Hall–Kier alpha value is -1.40. The van der Waals surface area contributed by atoms with E-state index in [1.807, 2.05) is 0 Å². The highest BCUT2D eigenvalue weighted by molar-refractivity contribution is 5.77. The molecule has 3 unspecified atom stereocenters. The number of hydrogen-bond acceptors (Lipinski definition) is 5. The van der Waals surface area contributed by atoms with E-state index in [2.05, 4.69) is 38.2 Å². The third-order valence-corrected chi connectivity index (χ3v) is 11.3. The van der Waals surface area contributed by atoms with E-state index < -0.39 is 18.2 Å². The van der Waals surface area contributed by atoms with Crippen LogP contribution in [0.1, 0.15) is 265 Å². The maximum absolute atomic E-state index is 13.1. The molecule has 0 aromatic carbocycles. The van der Waals surface area contributed by atoms with Gasteiger partial charge in [0.25, 0.3) is 0 Å². The molecule has 0 aliphatic carbocycles. The van der Waals surface area contributed by atoms with Crippen molar-refractivity contribution in [3.63, 3.8) is 0 Å². The van der Waals surface area contributed by atoms with Crippen molar-refractivity contribution in [2.75, 3.05) is 6.61 Å². The van der Waals surface area contributed by atoms with E-state index in [1.54, 1.807) is 0 Å². The van der Waals surface area contributed by atoms with Crippen LogP contribution in [0.15, 0.2) is 12.2 Å². The van der Waals surface area contributed by atoms with Crippen molar-refractivity contribution in [3.05, 3.63) is 12.2 Å². The molecule has 0 bridgehead atoms. The lowest BCUT2D eigenvalue weighted by Crippen LogP contribution is -2.46. The van der Waals surface area contributed by atoms with E-state index in [9.17, 15) is 19.8 Å². The zero-order valence-electron chi connectivity index (χ0n) is 37.1. The lowest BCUT2D eigenvalue weighted by Gasteiger charge is -2.24. The van der Waals surface area contributed by atoms with E-state index in [0.717, 1.165) is 51.4 Å². The zero-order valence-corrected chi connectivity index (χ0v) is 37.1. The van der Waals surface area contributed by atoms with Crippen molar-refractivity contribution >= 4 is 11.9 Å². The van der Waals surface area contributed by atoms with Crippen molar-refractivity contribution in [2.45, 2.75) is 283 Å². The molecule has 0 saturated heterocycles. The number of rotatable bonds is 44. The van der Waals surface area contributed by atoms with Gasteiger partial charge in [0.2, 0.25) is 5.91 Å². The Morgan fingerprint density at radius 2 is 0.891 bits per heavy atom. The van der Waals surface area contributed by atoms with Crippen LogP contribution >= 0.6 is 0 Å². The number of allylic oxidation sites excluding steroid dienone is 2. The standard InChI is InChI=1S/C49H95NO5/c1-4-7-10-13-16-19-22-24-25-27-29-32-35-38-41-47(52)46(44-51)50-48(53)43-45(40-37-34-31-28-26-23-20-17-14-11-8-5-2)55-49(54)42-39-36-33-30-21-18-15-12-9-6-3/h28,31,45-47,51-52H,4-27,29-30,32-44H2,1-3H3,(H,50,53)/b31-28-. The summed E-state index contributed by atoms with van der Waals surface area (Å²) in [7, 11) is 0. The Labute approximate surface area is 342 Å². The van der Waals surface area contributed by atoms with E-state index >= 15 is 0 Å². The van der Waals surface area contributed by atoms with Gasteiger partial charge in [0, 0.05) is 6.42 Å². The summed E-state index contributed by atoms with van der Waals surface area (Å²) in [5, 5.41) is 23.7. The molecule has 3 N–H and O–H groups in total. The lowest BCUT2D eigenvalue weighted by molar-refractivity contribution is -0.151. The molecule has 0 radical (unpaired) electrons. The number of carbonyl (C=O) groups is 2. The Morgan fingerprint density at radius 3 is 1.33 bits per heavy atom. The minimum absolute atomic E-state index is 0.0631. The summed E-state index contributed by atoms with van der Waals surface area (Å²) in [6.07, 6.45) is 47.0. The van der Waals surface area contributed by atoms with Crippen LogP contribution in [0.5, 0.6) is 0 Å². The Balaban J connectivity index is 4.54. The van der Waals surface area contributed by atoms with Gasteiger partial charge in [-0.3, -0.25) is 9.59 Å². The van der Waals surface area contributed by atoms with Gasteiger partial charge in [-0.05, 0) is 44.9 Å². The summed E-state index contributed by atoms with van der Waals surface area (Å²) in [5.74, 6) is -0.492. The van der Waals surface area contributed by atoms with Crippen molar-refractivity contribution in [3.8, 4) is 0 Å². The van der Waals surface area contributed by atoms with Gasteiger partial charge in [0.15, 0.2) is 0 Å². The van der Waals surface area contributed by atoms with E-state index in [0.29, 0.717) is 19.3 Å². The fourth-order valence-corrected chi connectivity index (χ4v) is 7.61. The number of nitrogens with one attached hydrogen (secondary N) is 1. The average molecular weight is 778 g/mol. The smallest absolute Gasteiger partial charge is 0.306 e. The number of amides is 1. The van der Waals surface area contributed by atoms with Gasteiger partial charge in [-0.25, -0.2) is 0 Å². The van der Waals surface area contributed by atoms with E-state index in [4.69, 9.17) is 4.74 Å². The van der Waals surface area contributed by atoms with Crippen LogP contribution in [0.4, 0.5) is 0 Å². The monoisotopic (exact) mass is 778 g/mol. The van der Waals surface area contributed by atoms with Crippen molar-refractivity contribution in [1.29, 1.82) is 0 Å². The molecule has 0 heterocycles. The number of carbonyl (C=O) groups excluding carboxylic acids is 2. The highest BCUT2D eigenvalue weighted by Crippen LogP contribution is 2.17. The molecule has 55 heavy (non-hydrogen) atoms. The van der Waals surface area contributed by atoms with Gasteiger partial charge in [-0.1, -0.05) is 219 Å². The molecule has 0 spiro atoms. The Bertz CT molecular complexity index is 832. The Kier molecular flexibility index (Phi) is 42.6. The van der Waals surface area contributed by atoms with Crippen molar-refractivity contribution in [1.82, 2.24) is 5.32 Å². The Morgan fingerprint density at radius 1 is 0.509 bits per heavy atom. The molecule has 6 heteroatoms. The predicted molar refractivity (Wildman–Crippen MR) is 237 cm³/mol. The van der Waals surface area contributed by atoms with Crippen LogP contribution in [0.25, 0.3) is 0 Å². The fraction of sp³-hybridized carbons (Fsp3) is 0.918. The number of aliphatic hydroxyl groups is 2. The minimum atomic E-state index is -0.787. The highest BCUT2D eigenvalue weighted by Gasteiger charge is 2.24. The molecule has 0 aliphatic rings. The van der Waals surface area contributed by atoms with Crippen molar-refractivity contribution < 1.29 is 24.5 Å². The third kappa shape index (κ3) is 39.2. The van der Waals surface area contributed by atoms with E-state index in [1.165, 1.54) is 167 Å². The third-order valence-electron chi connectivity index (χ3n) is 11.3. The van der Waals surface area contributed by atoms with Gasteiger partial charge in [-0.15, -0.1) is 0 Å². The van der Waals surface area contributed by atoms with Crippen LogP contribution < -0.4 is 5.32 Å². The molecule has 0 aliphatic heterocycles. The van der Waals surface area contributed by atoms with Crippen molar-refractivity contribution in [2.24, 2.45) is 0 Å².